The number of amides is 1. The van der Waals surface area contributed by atoms with Gasteiger partial charge in [-0.3, -0.25) is 4.79 Å². The lowest BCUT2D eigenvalue weighted by Crippen LogP contribution is -2.38. The van der Waals surface area contributed by atoms with Gasteiger partial charge in [0.25, 0.3) is 5.91 Å². The van der Waals surface area contributed by atoms with Gasteiger partial charge in [-0.2, -0.15) is 0 Å². The second-order valence-corrected chi connectivity index (χ2v) is 5.35. The molecular formula is C16H19NO2. The summed E-state index contributed by atoms with van der Waals surface area (Å²) >= 11 is 0. The molecule has 3 nitrogen and oxygen atoms in total. The number of carbonyl (C=O) groups excluding carboxylic acids is 1. The first-order valence-electron chi connectivity index (χ1n) is 7.01. The smallest absolute Gasteiger partial charge is 0.257 e. The fraction of sp³-hybridized carbons (Fsp3) is 0.438. The Hall–Kier alpha value is -1.77. The summed E-state index contributed by atoms with van der Waals surface area (Å²) in [5, 5.41) is 0.989. The summed E-state index contributed by atoms with van der Waals surface area (Å²) in [6.45, 7) is 0. The van der Waals surface area contributed by atoms with E-state index in [4.69, 9.17) is 4.42 Å². The summed E-state index contributed by atoms with van der Waals surface area (Å²) in [6, 6.07) is 8.02. The van der Waals surface area contributed by atoms with Gasteiger partial charge in [0, 0.05) is 18.5 Å². The number of furan rings is 1. The number of rotatable bonds is 2. The Labute approximate surface area is 113 Å². The number of fused-ring (bicyclic) bond motifs is 1. The Balaban J connectivity index is 1.88. The van der Waals surface area contributed by atoms with Gasteiger partial charge < -0.3 is 9.32 Å². The van der Waals surface area contributed by atoms with Crippen molar-refractivity contribution < 1.29 is 9.21 Å². The van der Waals surface area contributed by atoms with Crippen LogP contribution in [0.15, 0.2) is 34.9 Å². The molecule has 1 fully saturated rings. The molecule has 3 rings (SSSR count). The highest BCUT2D eigenvalue weighted by molar-refractivity contribution is 6.04. The molecule has 0 unspecified atom stereocenters. The molecule has 0 radical (unpaired) electrons. The van der Waals surface area contributed by atoms with Gasteiger partial charge in [0.05, 0.1) is 11.8 Å². The van der Waals surface area contributed by atoms with E-state index in [9.17, 15) is 4.79 Å². The zero-order valence-corrected chi connectivity index (χ0v) is 11.3. The van der Waals surface area contributed by atoms with Crippen LogP contribution in [-0.4, -0.2) is 23.9 Å². The number of carbonyl (C=O) groups is 1. The molecule has 1 aromatic heterocycles. The Morgan fingerprint density at radius 2 is 2.00 bits per heavy atom. The van der Waals surface area contributed by atoms with Crippen molar-refractivity contribution in [2.75, 3.05) is 7.05 Å². The number of nitrogens with zero attached hydrogens (tertiary/aromatic N) is 1. The lowest BCUT2D eigenvalue weighted by molar-refractivity contribution is 0.0697. The van der Waals surface area contributed by atoms with Crippen LogP contribution < -0.4 is 0 Å². The summed E-state index contributed by atoms with van der Waals surface area (Å²) in [7, 11) is 1.92. The Morgan fingerprint density at radius 3 is 2.79 bits per heavy atom. The van der Waals surface area contributed by atoms with Crippen molar-refractivity contribution >= 4 is 16.9 Å². The van der Waals surface area contributed by atoms with Gasteiger partial charge >= 0.3 is 0 Å². The van der Waals surface area contributed by atoms with Crippen LogP contribution in [0.1, 0.15) is 42.5 Å². The monoisotopic (exact) mass is 257 g/mol. The van der Waals surface area contributed by atoms with E-state index in [1.165, 1.54) is 19.3 Å². The van der Waals surface area contributed by atoms with Crippen LogP contribution >= 0.6 is 0 Å². The molecule has 100 valence electrons. The molecule has 1 aliphatic carbocycles. The van der Waals surface area contributed by atoms with Crippen molar-refractivity contribution in [1.82, 2.24) is 4.90 Å². The van der Waals surface area contributed by atoms with Crippen LogP contribution in [0.4, 0.5) is 0 Å². The summed E-state index contributed by atoms with van der Waals surface area (Å²) < 4.78 is 5.46. The predicted molar refractivity (Wildman–Crippen MR) is 75.2 cm³/mol. The summed E-state index contributed by atoms with van der Waals surface area (Å²) in [4.78, 5) is 14.5. The average Bonchev–Trinajstić information content (AvgIpc) is 2.95. The maximum Gasteiger partial charge on any atom is 0.257 e. The van der Waals surface area contributed by atoms with E-state index in [1.54, 1.807) is 6.26 Å². The largest absolute Gasteiger partial charge is 0.464 e. The molecule has 1 saturated carbocycles. The maximum atomic E-state index is 12.6. The van der Waals surface area contributed by atoms with Crippen LogP contribution in [-0.2, 0) is 0 Å². The lowest BCUT2D eigenvalue weighted by atomic mass is 9.94. The van der Waals surface area contributed by atoms with E-state index in [0.29, 0.717) is 17.2 Å². The third-order valence-electron chi connectivity index (χ3n) is 4.15. The molecule has 2 aromatic rings. The summed E-state index contributed by atoms with van der Waals surface area (Å²) in [5.41, 5.74) is 1.38. The first-order chi connectivity index (χ1) is 9.27. The SMILES string of the molecule is CN(C(=O)c1cccc2ccoc12)C1CCCCC1. The van der Waals surface area contributed by atoms with Gasteiger partial charge in [-0.25, -0.2) is 0 Å². The van der Waals surface area contributed by atoms with Crippen LogP contribution in [0.5, 0.6) is 0 Å². The highest BCUT2D eigenvalue weighted by Gasteiger charge is 2.24. The second kappa shape index (κ2) is 5.08. The number of benzene rings is 1. The minimum Gasteiger partial charge on any atom is -0.464 e. The summed E-state index contributed by atoms with van der Waals surface area (Å²) in [6.07, 6.45) is 7.64. The van der Waals surface area contributed by atoms with Crippen LogP contribution in [0.2, 0.25) is 0 Å². The van der Waals surface area contributed by atoms with Gasteiger partial charge in [0.2, 0.25) is 0 Å². The average molecular weight is 257 g/mol. The van der Waals surface area contributed by atoms with E-state index in [2.05, 4.69) is 0 Å². The van der Waals surface area contributed by atoms with Crippen molar-refractivity contribution in [1.29, 1.82) is 0 Å². The van der Waals surface area contributed by atoms with Crippen LogP contribution in [0.25, 0.3) is 11.0 Å². The number of para-hydroxylation sites is 1. The third kappa shape index (κ3) is 2.25. The van der Waals surface area contributed by atoms with Gasteiger partial charge in [-0.15, -0.1) is 0 Å². The Bertz CT molecular complexity index is 581. The first-order valence-corrected chi connectivity index (χ1v) is 7.01. The fourth-order valence-electron chi connectivity index (χ4n) is 2.99. The molecule has 1 heterocycles. The quantitative estimate of drug-likeness (QED) is 0.819. The van der Waals surface area contributed by atoms with E-state index in [1.807, 2.05) is 36.2 Å². The standard InChI is InChI=1S/C16H19NO2/c1-17(13-7-3-2-4-8-13)16(18)14-9-5-6-12-10-11-19-15(12)14/h5-6,9-11,13H,2-4,7-8H2,1H3. The van der Waals surface area contributed by atoms with Crippen molar-refractivity contribution in [2.24, 2.45) is 0 Å². The Morgan fingerprint density at radius 1 is 1.21 bits per heavy atom. The van der Waals surface area contributed by atoms with Crippen molar-refractivity contribution in [3.8, 4) is 0 Å². The molecule has 0 N–H and O–H groups in total. The van der Waals surface area contributed by atoms with E-state index in [-0.39, 0.29) is 5.91 Å². The molecule has 0 atom stereocenters. The molecule has 0 bridgehead atoms. The first kappa shape index (κ1) is 12.3. The lowest BCUT2D eigenvalue weighted by Gasteiger charge is -2.31. The molecule has 3 heteroatoms. The molecule has 0 spiro atoms. The van der Waals surface area contributed by atoms with Crippen molar-refractivity contribution in [3.05, 3.63) is 36.1 Å². The molecule has 1 amide bonds. The molecular weight excluding hydrogens is 238 g/mol. The van der Waals surface area contributed by atoms with E-state index < -0.39 is 0 Å². The topological polar surface area (TPSA) is 33.5 Å². The second-order valence-electron chi connectivity index (χ2n) is 5.35. The molecule has 1 aromatic carbocycles. The van der Waals surface area contributed by atoms with Crippen molar-refractivity contribution in [2.45, 2.75) is 38.1 Å². The molecule has 19 heavy (non-hydrogen) atoms. The van der Waals surface area contributed by atoms with E-state index in [0.717, 1.165) is 18.2 Å². The number of hydrogen-bond donors (Lipinski definition) is 0. The normalized spacial score (nSPS) is 16.7. The summed E-state index contributed by atoms with van der Waals surface area (Å²) in [5.74, 6) is 0.0763. The fourth-order valence-corrected chi connectivity index (χ4v) is 2.99. The van der Waals surface area contributed by atoms with Gasteiger partial charge in [0.1, 0.15) is 5.58 Å². The highest BCUT2D eigenvalue weighted by Crippen LogP contribution is 2.25. The third-order valence-corrected chi connectivity index (χ3v) is 4.15. The van der Waals surface area contributed by atoms with Gasteiger partial charge in [0.15, 0.2) is 0 Å². The molecule has 0 saturated heterocycles. The van der Waals surface area contributed by atoms with Gasteiger partial charge in [-0.05, 0) is 25.0 Å². The minimum atomic E-state index is 0.0763. The predicted octanol–water partition coefficient (Wildman–Crippen LogP) is 3.84. The van der Waals surface area contributed by atoms with Crippen LogP contribution in [0.3, 0.4) is 0 Å². The zero-order valence-electron chi connectivity index (χ0n) is 11.3. The van der Waals surface area contributed by atoms with Crippen molar-refractivity contribution in [3.63, 3.8) is 0 Å². The van der Waals surface area contributed by atoms with E-state index >= 15 is 0 Å². The highest BCUT2D eigenvalue weighted by atomic mass is 16.3. The minimum absolute atomic E-state index is 0.0763. The Kier molecular flexibility index (Phi) is 3.28. The maximum absolute atomic E-state index is 12.6. The molecule has 0 aliphatic heterocycles. The van der Waals surface area contributed by atoms with Crippen LogP contribution in [0, 0.1) is 0 Å². The number of hydrogen-bond acceptors (Lipinski definition) is 2. The van der Waals surface area contributed by atoms with Gasteiger partial charge in [-0.1, -0.05) is 31.4 Å². The molecule has 1 aliphatic rings. The zero-order chi connectivity index (χ0) is 13.2.